The first-order chi connectivity index (χ1) is 13.5. The largest absolute Gasteiger partial charge is 0.327 e. The van der Waals surface area contributed by atoms with Gasteiger partial charge in [0.1, 0.15) is 4.01 Å². The van der Waals surface area contributed by atoms with Crippen LogP contribution >= 0.6 is 45.9 Å². The molecule has 0 N–H and O–H groups in total. The Labute approximate surface area is 178 Å². The van der Waals surface area contributed by atoms with Crippen molar-refractivity contribution in [3.8, 4) is 10.8 Å². The van der Waals surface area contributed by atoms with E-state index in [2.05, 4.69) is 19.7 Å². The lowest BCUT2D eigenvalue weighted by atomic mass is 10.1. The molecule has 10 heteroatoms. The number of aromatic nitrogens is 4. The average Bonchev–Trinajstić information content (AvgIpc) is 3.37. The van der Waals surface area contributed by atoms with Gasteiger partial charge in [0.2, 0.25) is 0 Å². The molecule has 6 nitrogen and oxygen atoms in total. The van der Waals surface area contributed by atoms with Crippen molar-refractivity contribution in [1.29, 1.82) is 0 Å². The van der Waals surface area contributed by atoms with Crippen molar-refractivity contribution in [2.45, 2.75) is 19.5 Å². The highest BCUT2D eigenvalue weighted by Gasteiger charge is 2.32. The lowest BCUT2D eigenvalue weighted by Gasteiger charge is -2.33. The second kappa shape index (κ2) is 6.81. The van der Waals surface area contributed by atoms with Gasteiger partial charge in [0.25, 0.3) is 5.91 Å². The van der Waals surface area contributed by atoms with Crippen LogP contribution in [0.25, 0.3) is 20.4 Å². The quantitative estimate of drug-likeness (QED) is 0.424. The number of carbonyl (C=O) groups is 1. The van der Waals surface area contributed by atoms with Crippen molar-refractivity contribution >= 4 is 61.3 Å². The smallest absolute Gasteiger partial charge is 0.254 e. The van der Waals surface area contributed by atoms with E-state index in [1.807, 2.05) is 18.4 Å². The number of hydrogen-bond donors (Lipinski definition) is 0. The van der Waals surface area contributed by atoms with E-state index in [0.29, 0.717) is 28.7 Å². The van der Waals surface area contributed by atoms with Crippen molar-refractivity contribution in [3.63, 3.8) is 0 Å². The van der Waals surface area contributed by atoms with Gasteiger partial charge in [0.05, 0.1) is 21.6 Å². The molecule has 1 amide bonds. The highest BCUT2D eigenvalue weighted by atomic mass is 35.5. The minimum Gasteiger partial charge on any atom is -0.327 e. The molecule has 142 valence electrons. The van der Waals surface area contributed by atoms with Crippen LogP contribution in [0.4, 0.5) is 0 Å². The number of amides is 1. The van der Waals surface area contributed by atoms with Crippen LogP contribution in [0.2, 0.25) is 10.0 Å². The van der Waals surface area contributed by atoms with Crippen LogP contribution in [0.1, 0.15) is 29.1 Å². The molecule has 1 aliphatic heterocycles. The van der Waals surface area contributed by atoms with Gasteiger partial charge in [-0.3, -0.25) is 4.79 Å². The van der Waals surface area contributed by atoms with Crippen molar-refractivity contribution in [2.24, 2.45) is 0 Å². The Kier molecular flexibility index (Phi) is 4.39. The van der Waals surface area contributed by atoms with Crippen LogP contribution in [0.3, 0.4) is 0 Å². The highest BCUT2D eigenvalue weighted by molar-refractivity contribution is 7.38. The average molecular weight is 450 g/mol. The molecule has 0 saturated heterocycles. The molecule has 1 aliphatic rings. The van der Waals surface area contributed by atoms with E-state index in [0.717, 1.165) is 22.2 Å². The zero-order chi connectivity index (χ0) is 19.4. The Morgan fingerprint density at radius 2 is 2.04 bits per heavy atom. The SMILES string of the molecule is C[C@@H]1c2nnc(-c3nc4ccsc4s3)n2CCN1C(=O)c1ccc(Cl)c(Cl)c1. The van der Waals surface area contributed by atoms with E-state index in [1.165, 1.54) is 4.01 Å². The monoisotopic (exact) mass is 449 g/mol. The van der Waals surface area contributed by atoms with E-state index < -0.39 is 0 Å². The molecule has 3 aromatic heterocycles. The molecular formula is C18H13Cl2N5OS2. The zero-order valence-corrected chi connectivity index (χ0v) is 17.7. The first-order valence-electron chi connectivity index (χ1n) is 8.56. The maximum Gasteiger partial charge on any atom is 0.254 e. The Morgan fingerprint density at radius 1 is 1.18 bits per heavy atom. The minimum atomic E-state index is -0.210. The normalized spacial score (nSPS) is 16.5. The van der Waals surface area contributed by atoms with Gasteiger partial charge in [-0.25, -0.2) is 4.98 Å². The van der Waals surface area contributed by atoms with E-state index in [1.54, 1.807) is 45.8 Å². The van der Waals surface area contributed by atoms with Crippen molar-refractivity contribution in [1.82, 2.24) is 24.6 Å². The molecule has 4 aromatic rings. The summed E-state index contributed by atoms with van der Waals surface area (Å²) >= 11 is 15.3. The summed E-state index contributed by atoms with van der Waals surface area (Å²) < 4.78 is 3.23. The van der Waals surface area contributed by atoms with Gasteiger partial charge in [0, 0.05) is 18.7 Å². The van der Waals surface area contributed by atoms with Gasteiger partial charge in [-0.05, 0) is 36.6 Å². The molecule has 1 aromatic carbocycles. The van der Waals surface area contributed by atoms with Gasteiger partial charge in [0.15, 0.2) is 16.7 Å². The van der Waals surface area contributed by atoms with Crippen LogP contribution in [0.15, 0.2) is 29.6 Å². The summed E-state index contributed by atoms with van der Waals surface area (Å²) in [5.74, 6) is 1.42. The van der Waals surface area contributed by atoms with Crippen molar-refractivity contribution in [2.75, 3.05) is 6.54 Å². The predicted octanol–water partition coefficient (Wildman–Crippen LogP) is 5.14. The van der Waals surface area contributed by atoms with Crippen LogP contribution < -0.4 is 0 Å². The topological polar surface area (TPSA) is 63.9 Å². The fraction of sp³-hybridized carbons (Fsp3) is 0.222. The summed E-state index contributed by atoms with van der Waals surface area (Å²) in [7, 11) is 0. The van der Waals surface area contributed by atoms with Gasteiger partial charge in [-0.15, -0.1) is 21.5 Å². The second-order valence-corrected chi connectivity index (χ2v) is 9.44. The molecular weight excluding hydrogens is 437 g/mol. The number of hydrogen-bond acceptors (Lipinski definition) is 6. The molecule has 0 fully saturated rings. The van der Waals surface area contributed by atoms with Crippen LogP contribution in [-0.2, 0) is 6.54 Å². The summed E-state index contributed by atoms with van der Waals surface area (Å²) in [5, 5.41) is 12.4. The van der Waals surface area contributed by atoms with Crippen molar-refractivity contribution in [3.05, 3.63) is 51.1 Å². The lowest BCUT2D eigenvalue weighted by Crippen LogP contribution is -2.41. The molecule has 0 spiro atoms. The first kappa shape index (κ1) is 18.1. The number of thiophene rings is 1. The Bertz CT molecular complexity index is 1190. The fourth-order valence-corrected chi connectivity index (χ4v) is 5.61. The maximum atomic E-state index is 13.0. The van der Waals surface area contributed by atoms with Crippen molar-refractivity contribution < 1.29 is 4.79 Å². The number of halogens is 2. The summed E-state index contributed by atoms with van der Waals surface area (Å²) in [6, 6.07) is 6.73. The molecule has 28 heavy (non-hydrogen) atoms. The van der Waals surface area contributed by atoms with Gasteiger partial charge in [-0.2, -0.15) is 0 Å². The Morgan fingerprint density at radius 3 is 2.82 bits per heavy atom. The van der Waals surface area contributed by atoms with E-state index in [9.17, 15) is 4.79 Å². The first-order valence-corrected chi connectivity index (χ1v) is 11.0. The standard InChI is InChI=1S/C18H13Cl2N5OS2/c1-9-14-22-23-15(16-21-13-4-7-27-18(13)28-16)25(14)6-5-24(9)17(26)10-2-3-11(19)12(20)8-10/h2-4,7-9H,5-6H2,1H3/t9-/m1/s1. The van der Waals surface area contributed by atoms with E-state index in [4.69, 9.17) is 23.2 Å². The maximum absolute atomic E-state index is 13.0. The van der Waals surface area contributed by atoms with Crippen LogP contribution in [-0.4, -0.2) is 37.1 Å². The Balaban J connectivity index is 1.46. The van der Waals surface area contributed by atoms with Gasteiger partial charge >= 0.3 is 0 Å². The fourth-order valence-electron chi connectivity index (χ4n) is 3.38. The van der Waals surface area contributed by atoms with Crippen LogP contribution in [0.5, 0.6) is 0 Å². The van der Waals surface area contributed by atoms with Crippen LogP contribution in [0, 0.1) is 0 Å². The molecule has 0 aliphatic carbocycles. The molecule has 0 bridgehead atoms. The Hall–Kier alpha value is -2.00. The molecule has 5 rings (SSSR count). The third-order valence-electron chi connectivity index (χ3n) is 4.83. The molecule has 0 radical (unpaired) electrons. The number of rotatable bonds is 2. The van der Waals surface area contributed by atoms with Gasteiger partial charge < -0.3 is 9.47 Å². The lowest BCUT2D eigenvalue weighted by molar-refractivity contribution is 0.0638. The van der Waals surface area contributed by atoms with E-state index >= 15 is 0 Å². The predicted molar refractivity (Wildman–Crippen MR) is 112 cm³/mol. The molecule has 4 heterocycles. The molecule has 0 saturated carbocycles. The number of benzene rings is 1. The molecule has 0 unspecified atom stereocenters. The summed E-state index contributed by atoms with van der Waals surface area (Å²) in [4.78, 5) is 19.5. The number of thiazole rings is 1. The summed E-state index contributed by atoms with van der Waals surface area (Å²) in [5.41, 5.74) is 1.50. The second-order valence-electron chi connectivity index (χ2n) is 6.45. The minimum absolute atomic E-state index is 0.100. The summed E-state index contributed by atoms with van der Waals surface area (Å²) in [6.45, 7) is 3.12. The van der Waals surface area contributed by atoms with E-state index in [-0.39, 0.29) is 11.9 Å². The number of nitrogens with zero attached hydrogens (tertiary/aromatic N) is 5. The van der Waals surface area contributed by atoms with Gasteiger partial charge in [-0.1, -0.05) is 34.5 Å². The number of carbonyl (C=O) groups excluding carboxylic acids is 1. The summed E-state index contributed by atoms with van der Waals surface area (Å²) in [6.07, 6.45) is 0. The third kappa shape index (κ3) is 2.83. The molecule has 1 atom stereocenters. The zero-order valence-electron chi connectivity index (χ0n) is 14.6. The highest BCUT2D eigenvalue weighted by Crippen LogP contribution is 2.35. The number of fused-ring (bicyclic) bond motifs is 2. The third-order valence-corrected chi connectivity index (χ3v) is 7.66.